The Kier molecular flexibility index (Phi) is 4.32. The van der Waals surface area contributed by atoms with Gasteiger partial charge in [0.25, 0.3) is 0 Å². The lowest BCUT2D eigenvalue weighted by atomic mass is 10.2. The first-order valence-electron chi connectivity index (χ1n) is 5.99. The zero-order valence-corrected chi connectivity index (χ0v) is 12.5. The molecule has 3 N–H and O–H groups in total. The lowest BCUT2D eigenvalue weighted by Gasteiger charge is -2.10. The third-order valence-electron chi connectivity index (χ3n) is 2.89. The number of aryl methyl sites for hydroxylation is 1. The first kappa shape index (κ1) is 14.8. The van der Waals surface area contributed by atoms with Crippen LogP contribution in [0.4, 0.5) is 5.69 Å². The SMILES string of the molecule is Cc1ccc(Cl)cc1S(=O)(=O)NCc1ccc(N)cc1. The lowest BCUT2D eigenvalue weighted by Crippen LogP contribution is -2.24. The first-order chi connectivity index (χ1) is 9.38. The lowest BCUT2D eigenvalue weighted by molar-refractivity contribution is 0.580. The highest BCUT2D eigenvalue weighted by Crippen LogP contribution is 2.20. The average molecular weight is 311 g/mol. The molecule has 0 saturated carbocycles. The summed E-state index contributed by atoms with van der Waals surface area (Å²) >= 11 is 5.85. The van der Waals surface area contributed by atoms with Gasteiger partial charge in [-0.15, -0.1) is 0 Å². The van der Waals surface area contributed by atoms with Gasteiger partial charge in [0, 0.05) is 17.3 Å². The molecule has 0 aliphatic carbocycles. The van der Waals surface area contributed by atoms with Crippen LogP contribution >= 0.6 is 11.6 Å². The number of anilines is 1. The van der Waals surface area contributed by atoms with E-state index in [1.54, 1.807) is 43.3 Å². The van der Waals surface area contributed by atoms with E-state index in [4.69, 9.17) is 17.3 Å². The molecule has 2 rings (SSSR count). The predicted molar refractivity (Wildman–Crippen MR) is 81.1 cm³/mol. The molecule has 2 aromatic carbocycles. The Labute approximate surface area is 123 Å². The number of nitrogens with two attached hydrogens (primary N) is 1. The summed E-state index contributed by atoms with van der Waals surface area (Å²) in [7, 11) is -3.59. The van der Waals surface area contributed by atoms with Crippen LogP contribution in [0, 0.1) is 6.92 Å². The van der Waals surface area contributed by atoms with Gasteiger partial charge >= 0.3 is 0 Å². The summed E-state index contributed by atoms with van der Waals surface area (Å²) in [5, 5.41) is 0.392. The van der Waals surface area contributed by atoms with E-state index in [-0.39, 0.29) is 11.4 Å². The van der Waals surface area contributed by atoms with Crippen LogP contribution in [0.25, 0.3) is 0 Å². The average Bonchev–Trinajstić information content (AvgIpc) is 2.41. The molecule has 0 amide bonds. The van der Waals surface area contributed by atoms with Crippen molar-refractivity contribution in [3.05, 3.63) is 58.6 Å². The van der Waals surface area contributed by atoms with Gasteiger partial charge in [-0.2, -0.15) is 0 Å². The van der Waals surface area contributed by atoms with Crippen LogP contribution in [0.5, 0.6) is 0 Å². The Hall–Kier alpha value is -1.56. The molecular formula is C14H15ClN2O2S. The number of nitrogen functional groups attached to an aromatic ring is 1. The number of hydrogen-bond acceptors (Lipinski definition) is 3. The minimum absolute atomic E-state index is 0.195. The Bertz CT molecular complexity index is 712. The van der Waals surface area contributed by atoms with E-state index in [1.165, 1.54) is 6.07 Å². The van der Waals surface area contributed by atoms with E-state index in [0.29, 0.717) is 16.3 Å². The zero-order chi connectivity index (χ0) is 14.8. The van der Waals surface area contributed by atoms with Gasteiger partial charge in [0.15, 0.2) is 0 Å². The normalized spacial score (nSPS) is 11.5. The van der Waals surface area contributed by atoms with E-state index in [1.807, 2.05) is 0 Å². The molecule has 0 fully saturated rings. The molecular weight excluding hydrogens is 296 g/mol. The third-order valence-corrected chi connectivity index (χ3v) is 4.66. The van der Waals surface area contributed by atoms with Crippen molar-refractivity contribution >= 4 is 27.3 Å². The van der Waals surface area contributed by atoms with Crippen LogP contribution in [-0.4, -0.2) is 8.42 Å². The van der Waals surface area contributed by atoms with Crippen LogP contribution in [0.1, 0.15) is 11.1 Å². The van der Waals surface area contributed by atoms with Gasteiger partial charge in [0.05, 0.1) is 4.90 Å². The van der Waals surface area contributed by atoms with Crippen LogP contribution in [0.2, 0.25) is 5.02 Å². The van der Waals surface area contributed by atoms with Crippen LogP contribution in [0.15, 0.2) is 47.4 Å². The van der Waals surface area contributed by atoms with Crippen molar-refractivity contribution in [1.82, 2.24) is 4.72 Å². The van der Waals surface area contributed by atoms with Gasteiger partial charge in [-0.1, -0.05) is 29.8 Å². The molecule has 0 aliphatic heterocycles. The van der Waals surface area contributed by atoms with Crippen LogP contribution in [0.3, 0.4) is 0 Å². The molecule has 0 spiro atoms. The summed E-state index contributed by atoms with van der Waals surface area (Å²) < 4.78 is 27.1. The maximum Gasteiger partial charge on any atom is 0.241 e. The van der Waals surface area contributed by atoms with Crippen molar-refractivity contribution in [3.8, 4) is 0 Å². The molecule has 0 aromatic heterocycles. The van der Waals surface area contributed by atoms with Gasteiger partial charge in [-0.3, -0.25) is 0 Å². The highest BCUT2D eigenvalue weighted by molar-refractivity contribution is 7.89. The third kappa shape index (κ3) is 3.50. The fraction of sp³-hybridized carbons (Fsp3) is 0.143. The number of hydrogen-bond donors (Lipinski definition) is 2. The second-order valence-corrected chi connectivity index (χ2v) is 6.65. The van der Waals surface area contributed by atoms with Crippen LogP contribution in [-0.2, 0) is 16.6 Å². The van der Waals surface area contributed by atoms with Crippen molar-refractivity contribution in [3.63, 3.8) is 0 Å². The second-order valence-electron chi connectivity index (χ2n) is 4.48. The Morgan fingerprint density at radius 3 is 2.45 bits per heavy atom. The fourth-order valence-electron chi connectivity index (χ4n) is 1.76. The number of sulfonamides is 1. The van der Waals surface area contributed by atoms with E-state index in [2.05, 4.69) is 4.72 Å². The number of nitrogens with one attached hydrogen (secondary N) is 1. The van der Waals surface area contributed by atoms with Gasteiger partial charge in [-0.05, 0) is 42.3 Å². The van der Waals surface area contributed by atoms with E-state index in [9.17, 15) is 8.42 Å². The van der Waals surface area contributed by atoms with Crippen molar-refractivity contribution in [1.29, 1.82) is 0 Å². The van der Waals surface area contributed by atoms with Crippen molar-refractivity contribution in [2.75, 3.05) is 5.73 Å². The molecule has 4 nitrogen and oxygen atoms in total. The molecule has 2 aromatic rings. The summed E-state index contributed by atoms with van der Waals surface area (Å²) in [4.78, 5) is 0.195. The molecule has 0 bridgehead atoms. The monoisotopic (exact) mass is 310 g/mol. The largest absolute Gasteiger partial charge is 0.399 e. The Morgan fingerprint density at radius 1 is 1.15 bits per heavy atom. The van der Waals surface area contributed by atoms with E-state index < -0.39 is 10.0 Å². The predicted octanol–water partition coefficient (Wildman–Crippen LogP) is 2.71. The number of halogens is 1. The summed E-state index contributed by atoms with van der Waals surface area (Å²) in [5.74, 6) is 0. The zero-order valence-electron chi connectivity index (χ0n) is 10.9. The minimum atomic E-state index is -3.59. The molecule has 106 valence electrons. The maximum atomic E-state index is 12.3. The molecule has 0 atom stereocenters. The topological polar surface area (TPSA) is 72.2 Å². The quantitative estimate of drug-likeness (QED) is 0.853. The summed E-state index contributed by atoms with van der Waals surface area (Å²) in [6.45, 7) is 1.93. The summed E-state index contributed by atoms with van der Waals surface area (Å²) in [6, 6.07) is 11.8. The molecule has 0 radical (unpaired) electrons. The molecule has 0 unspecified atom stereocenters. The Balaban J connectivity index is 2.19. The second kappa shape index (κ2) is 5.83. The molecule has 0 heterocycles. The van der Waals surface area contributed by atoms with Crippen molar-refractivity contribution in [2.24, 2.45) is 0 Å². The van der Waals surface area contributed by atoms with E-state index in [0.717, 1.165) is 5.56 Å². The van der Waals surface area contributed by atoms with Crippen molar-refractivity contribution < 1.29 is 8.42 Å². The van der Waals surface area contributed by atoms with Gasteiger partial charge in [0.1, 0.15) is 0 Å². The first-order valence-corrected chi connectivity index (χ1v) is 7.85. The number of benzene rings is 2. The maximum absolute atomic E-state index is 12.3. The minimum Gasteiger partial charge on any atom is -0.399 e. The highest BCUT2D eigenvalue weighted by Gasteiger charge is 2.16. The van der Waals surface area contributed by atoms with Gasteiger partial charge in [0.2, 0.25) is 10.0 Å². The molecule has 0 aliphatic rings. The Morgan fingerprint density at radius 2 is 1.80 bits per heavy atom. The highest BCUT2D eigenvalue weighted by atomic mass is 35.5. The smallest absolute Gasteiger partial charge is 0.241 e. The van der Waals surface area contributed by atoms with Gasteiger partial charge in [-0.25, -0.2) is 13.1 Å². The standard InChI is InChI=1S/C14H15ClN2O2S/c1-10-2-5-12(15)8-14(10)20(18,19)17-9-11-3-6-13(16)7-4-11/h2-8,17H,9,16H2,1H3. The molecule has 6 heteroatoms. The molecule has 0 saturated heterocycles. The van der Waals surface area contributed by atoms with Crippen LogP contribution < -0.4 is 10.5 Å². The summed E-state index contributed by atoms with van der Waals surface area (Å²) in [6.07, 6.45) is 0. The van der Waals surface area contributed by atoms with Crippen molar-refractivity contribution in [2.45, 2.75) is 18.4 Å². The fourth-order valence-corrected chi connectivity index (χ4v) is 3.28. The van der Waals surface area contributed by atoms with Gasteiger partial charge < -0.3 is 5.73 Å². The molecule has 20 heavy (non-hydrogen) atoms. The number of rotatable bonds is 4. The van der Waals surface area contributed by atoms with E-state index >= 15 is 0 Å². The summed E-state index contributed by atoms with van der Waals surface area (Å²) in [5.41, 5.74) is 7.71.